The molecule has 4 nitrogen and oxygen atoms in total. The van der Waals surface area contributed by atoms with Gasteiger partial charge in [0.25, 0.3) is 0 Å². The summed E-state index contributed by atoms with van der Waals surface area (Å²) in [4.78, 5) is 13.1. The van der Waals surface area contributed by atoms with Gasteiger partial charge in [0.15, 0.2) is 0 Å². The van der Waals surface area contributed by atoms with Crippen molar-refractivity contribution in [2.45, 2.75) is 25.3 Å². The van der Waals surface area contributed by atoms with Crippen LogP contribution in [0.1, 0.15) is 30.2 Å². The molecular formula is C12H18N2O2. The number of fused-ring (bicyclic) bond motifs is 1. The van der Waals surface area contributed by atoms with Crippen LogP contribution < -0.4 is 5.32 Å². The van der Waals surface area contributed by atoms with Gasteiger partial charge in [0.1, 0.15) is 5.76 Å². The van der Waals surface area contributed by atoms with Crippen LogP contribution in [-0.2, 0) is 11.2 Å². The lowest BCUT2D eigenvalue weighted by Crippen LogP contribution is -2.35. The Morgan fingerprint density at radius 3 is 3.19 bits per heavy atom. The average molecular weight is 222 g/mol. The van der Waals surface area contributed by atoms with Crippen LogP contribution in [0.2, 0.25) is 0 Å². The first kappa shape index (κ1) is 11.2. The number of nitrogens with zero attached hydrogens (tertiary/aromatic N) is 1. The van der Waals surface area contributed by atoms with Crippen molar-refractivity contribution in [2.75, 3.05) is 20.6 Å². The Labute approximate surface area is 95.6 Å². The van der Waals surface area contributed by atoms with E-state index in [0.29, 0.717) is 6.54 Å². The van der Waals surface area contributed by atoms with Crippen LogP contribution in [0, 0.1) is 0 Å². The summed E-state index contributed by atoms with van der Waals surface area (Å²) in [7, 11) is 3.54. The molecule has 0 radical (unpaired) electrons. The first-order chi connectivity index (χ1) is 7.68. The highest BCUT2D eigenvalue weighted by atomic mass is 16.3. The normalized spacial score (nSPS) is 19.2. The summed E-state index contributed by atoms with van der Waals surface area (Å²) in [6, 6.07) is 2.28. The number of carbonyl (C=O) groups excluding carboxylic acids is 1. The summed E-state index contributed by atoms with van der Waals surface area (Å²) >= 11 is 0. The Kier molecular flexibility index (Phi) is 3.29. The van der Waals surface area contributed by atoms with Crippen molar-refractivity contribution in [2.24, 2.45) is 0 Å². The first-order valence-electron chi connectivity index (χ1n) is 5.68. The van der Waals surface area contributed by atoms with E-state index in [2.05, 4.69) is 5.32 Å². The van der Waals surface area contributed by atoms with E-state index in [-0.39, 0.29) is 11.9 Å². The molecule has 0 saturated carbocycles. The van der Waals surface area contributed by atoms with Gasteiger partial charge in [-0.15, -0.1) is 0 Å². The third-order valence-electron chi connectivity index (χ3n) is 3.05. The van der Waals surface area contributed by atoms with Gasteiger partial charge in [-0.2, -0.15) is 0 Å². The highest BCUT2D eigenvalue weighted by Gasteiger charge is 2.22. The zero-order valence-electron chi connectivity index (χ0n) is 9.82. The maximum Gasteiger partial charge on any atom is 0.236 e. The van der Waals surface area contributed by atoms with Crippen LogP contribution in [0.3, 0.4) is 0 Å². The molecule has 1 heterocycles. The number of carbonyl (C=O) groups is 1. The molecule has 0 bridgehead atoms. The molecular weight excluding hydrogens is 204 g/mol. The largest absolute Gasteiger partial charge is 0.469 e. The van der Waals surface area contributed by atoms with Crippen LogP contribution in [0.5, 0.6) is 0 Å². The number of amides is 1. The number of rotatable bonds is 3. The molecule has 2 rings (SSSR count). The Hall–Kier alpha value is -1.29. The van der Waals surface area contributed by atoms with Gasteiger partial charge < -0.3 is 14.6 Å². The van der Waals surface area contributed by atoms with E-state index in [1.807, 2.05) is 6.07 Å². The molecule has 88 valence electrons. The average Bonchev–Trinajstić information content (AvgIpc) is 2.73. The number of likely N-dealkylation sites (N-methyl/N-ethyl adjacent to an activating group) is 1. The summed E-state index contributed by atoms with van der Waals surface area (Å²) < 4.78 is 5.41. The molecule has 4 heteroatoms. The molecule has 0 aliphatic heterocycles. The van der Waals surface area contributed by atoms with Crippen LogP contribution in [0.4, 0.5) is 0 Å². The van der Waals surface area contributed by atoms with E-state index >= 15 is 0 Å². The van der Waals surface area contributed by atoms with Crippen LogP contribution in [0.25, 0.3) is 0 Å². The van der Waals surface area contributed by atoms with Crippen molar-refractivity contribution in [3.8, 4) is 0 Å². The van der Waals surface area contributed by atoms with Gasteiger partial charge in [0.2, 0.25) is 5.91 Å². The summed E-state index contributed by atoms with van der Waals surface area (Å²) in [5.41, 5.74) is 1.22. The monoisotopic (exact) mass is 222 g/mol. The summed E-state index contributed by atoms with van der Waals surface area (Å²) in [6.07, 6.45) is 4.95. The fraction of sp³-hybridized carbons (Fsp3) is 0.583. The fourth-order valence-corrected chi connectivity index (χ4v) is 2.07. The molecule has 0 saturated heterocycles. The predicted octanol–water partition coefficient (Wildman–Crippen LogP) is 1.33. The van der Waals surface area contributed by atoms with Gasteiger partial charge in [-0.1, -0.05) is 0 Å². The minimum Gasteiger partial charge on any atom is -0.469 e. The Morgan fingerprint density at radius 1 is 1.62 bits per heavy atom. The second-order valence-corrected chi connectivity index (χ2v) is 4.41. The smallest absolute Gasteiger partial charge is 0.236 e. The lowest BCUT2D eigenvalue weighted by Gasteiger charge is -2.23. The van der Waals surface area contributed by atoms with Crippen molar-refractivity contribution < 1.29 is 9.21 Å². The predicted molar refractivity (Wildman–Crippen MR) is 61.1 cm³/mol. The maximum absolute atomic E-state index is 11.5. The highest BCUT2D eigenvalue weighted by Crippen LogP contribution is 2.30. The molecule has 0 fully saturated rings. The minimum atomic E-state index is 0.107. The van der Waals surface area contributed by atoms with Gasteiger partial charge in [-0.25, -0.2) is 0 Å². The zero-order valence-corrected chi connectivity index (χ0v) is 9.82. The molecule has 0 spiro atoms. The van der Waals surface area contributed by atoms with E-state index in [0.717, 1.165) is 25.0 Å². The third kappa shape index (κ3) is 2.27. The molecule has 1 amide bonds. The van der Waals surface area contributed by atoms with E-state index < -0.39 is 0 Å². The van der Waals surface area contributed by atoms with Gasteiger partial charge in [-0.05, 0) is 18.9 Å². The zero-order chi connectivity index (χ0) is 11.5. The number of furan rings is 1. The molecule has 16 heavy (non-hydrogen) atoms. The summed E-state index contributed by atoms with van der Waals surface area (Å²) in [5, 5.41) is 3.29. The topological polar surface area (TPSA) is 45.5 Å². The van der Waals surface area contributed by atoms with E-state index in [9.17, 15) is 4.79 Å². The second kappa shape index (κ2) is 4.70. The van der Waals surface area contributed by atoms with E-state index in [1.165, 1.54) is 5.56 Å². The third-order valence-corrected chi connectivity index (χ3v) is 3.05. The number of aryl methyl sites for hydroxylation is 1. The first-order valence-corrected chi connectivity index (χ1v) is 5.68. The molecule has 1 unspecified atom stereocenters. The fourth-order valence-electron chi connectivity index (χ4n) is 2.07. The molecule has 1 aromatic rings. The number of nitrogens with one attached hydrogen (secondary N) is 1. The summed E-state index contributed by atoms with van der Waals surface area (Å²) in [6.45, 7) is 0.391. The molecule has 1 aromatic heterocycles. The van der Waals surface area contributed by atoms with E-state index in [4.69, 9.17) is 4.42 Å². The second-order valence-electron chi connectivity index (χ2n) is 4.41. The summed E-state index contributed by atoms with van der Waals surface area (Å²) in [5.74, 6) is 1.18. The maximum atomic E-state index is 11.5. The molecule has 1 aliphatic carbocycles. The lowest BCUT2D eigenvalue weighted by molar-refractivity contribution is -0.127. The molecule has 1 aliphatic rings. The quantitative estimate of drug-likeness (QED) is 0.839. The van der Waals surface area contributed by atoms with Gasteiger partial charge in [0.05, 0.1) is 12.8 Å². The van der Waals surface area contributed by atoms with Crippen molar-refractivity contribution in [1.82, 2.24) is 10.2 Å². The van der Waals surface area contributed by atoms with Gasteiger partial charge >= 0.3 is 0 Å². The van der Waals surface area contributed by atoms with Gasteiger partial charge in [-0.3, -0.25) is 4.79 Å². The highest BCUT2D eigenvalue weighted by molar-refractivity contribution is 5.77. The van der Waals surface area contributed by atoms with Crippen molar-refractivity contribution in [3.63, 3.8) is 0 Å². The van der Waals surface area contributed by atoms with Gasteiger partial charge in [0, 0.05) is 32.1 Å². The van der Waals surface area contributed by atoms with Crippen molar-refractivity contribution in [3.05, 3.63) is 23.7 Å². The van der Waals surface area contributed by atoms with Crippen molar-refractivity contribution in [1.29, 1.82) is 0 Å². The van der Waals surface area contributed by atoms with E-state index in [1.54, 1.807) is 25.3 Å². The minimum absolute atomic E-state index is 0.107. The lowest BCUT2D eigenvalue weighted by atomic mass is 9.93. The number of hydrogen-bond acceptors (Lipinski definition) is 3. The SMILES string of the molecule is CN(C)C(=O)CNC1CCCc2occc21. The Balaban J connectivity index is 1.95. The Bertz CT molecular complexity index is 371. The molecule has 0 aromatic carbocycles. The Morgan fingerprint density at radius 2 is 2.44 bits per heavy atom. The van der Waals surface area contributed by atoms with Crippen molar-refractivity contribution >= 4 is 5.91 Å². The molecule has 1 atom stereocenters. The van der Waals surface area contributed by atoms with Crippen LogP contribution in [-0.4, -0.2) is 31.4 Å². The standard InChI is InChI=1S/C12H18N2O2/c1-14(2)12(15)8-13-10-4-3-5-11-9(10)6-7-16-11/h6-7,10,13H,3-5,8H2,1-2H3. The molecule has 1 N–H and O–H groups in total. The van der Waals surface area contributed by atoms with Crippen LogP contribution in [0.15, 0.2) is 16.7 Å². The van der Waals surface area contributed by atoms with Crippen LogP contribution >= 0.6 is 0 Å². The number of hydrogen-bond donors (Lipinski definition) is 1.